The zero-order valence-electron chi connectivity index (χ0n) is 20.9. The highest BCUT2D eigenvalue weighted by Gasteiger charge is 2.35. The molecule has 1 fully saturated rings. The van der Waals surface area contributed by atoms with Crippen LogP contribution >= 0.6 is 0 Å². The number of piperidine rings is 1. The van der Waals surface area contributed by atoms with E-state index >= 15 is 0 Å². The van der Waals surface area contributed by atoms with Crippen molar-refractivity contribution in [3.8, 4) is 5.75 Å². The topological polar surface area (TPSA) is 75.9 Å². The van der Waals surface area contributed by atoms with Crippen LogP contribution in [-0.4, -0.2) is 74.6 Å². The molecule has 0 spiro atoms. The smallest absolute Gasteiger partial charge is 0.237 e. The molecule has 8 nitrogen and oxygen atoms in total. The Kier molecular flexibility index (Phi) is 6.44. The summed E-state index contributed by atoms with van der Waals surface area (Å²) in [5.41, 5.74) is 3.55. The first-order chi connectivity index (χ1) is 16.8. The normalized spacial score (nSPS) is 22.0. The number of hydrogen-bond acceptors (Lipinski definition) is 6. The number of hydrogen-bond donors (Lipinski definition) is 0. The van der Waals surface area contributed by atoms with Crippen LogP contribution in [0, 0.1) is 5.82 Å². The van der Waals surface area contributed by atoms with Gasteiger partial charge in [0.1, 0.15) is 23.7 Å². The molecule has 2 aromatic heterocycles. The average molecular weight is 481 g/mol. The van der Waals surface area contributed by atoms with Gasteiger partial charge in [-0.3, -0.25) is 9.20 Å². The highest BCUT2D eigenvalue weighted by atomic mass is 19.1. The van der Waals surface area contributed by atoms with Gasteiger partial charge in [0.05, 0.1) is 13.2 Å². The molecule has 0 aliphatic carbocycles. The number of amides is 1. The van der Waals surface area contributed by atoms with Crippen LogP contribution in [0.2, 0.25) is 0 Å². The van der Waals surface area contributed by atoms with Crippen molar-refractivity contribution in [1.29, 1.82) is 0 Å². The fourth-order valence-corrected chi connectivity index (χ4v) is 5.86. The molecular weight excluding hydrogens is 447 g/mol. The zero-order chi connectivity index (χ0) is 24.7. The zero-order valence-corrected chi connectivity index (χ0v) is 20.9. The summed E-state index contributed by atoms with van der Waals surface area (Å²) in [6, 6.07) is 3.46. The fraction of sp³-hybridized carbons (Fsp3) is 0.538. The van der Waals surface area contributed by atoms with Crippen molar-refractivity contribution >= 4 is 11.6 Å². The first kappa shape index (κ1) is 23.7. The predicted octanol–water partition coefficient (Wildman–Crippen LogP) is 3.03. The molecule has 2 atom stereocenters. The number of benzene rings is 1. The van der Waals surface area contributed by atoms with E-state index in [1.165, 1.54) is 6.07 Å². The molecule has 0 bridgehead atoms. The molecule has 0 saturated carbocycles. The van der Waals surface area contributed by atoms with Crippen LogP contribution in [-0.2, 0) is 24.1 Å². The molecule has 9 heteroatoms. The van der Waals surface area contributed by atoms with Gasteiger partial charge < -0.3 is 14.5 Å². The monoisotopic (exact) mass is 480 g/mol. The number of nitrogens with zero attached hydrogens (tertiary/aromatic N) is 6. The minimum atomic E-state index is -0.190. The van der Waals surface area contributed by atoms with Gasteiger partial charge >= 0.3 is 0 Å². The van der Waals surface area contributed by atoms with Crippen LogP contribution in [0.3, 0.4) is 0 Å². The van der Waals surface area contributed by atoms with E-state index < -0.39 is 0 Å². The highest BCUT2D eigenvalue weighted by Crippen LogP contribution is 2.37. The number of carbonyl (C=O) groups is 1. The summed E-state index contributed by atoms with van der Waals surface area (Å²) < 4.78 is 22.1. The molecule has 2 aliphatic rings. The Morgan fingerprint density at radius 1 is 1.20 bits per heavy atom. The Hall–Kier alpha value is -3.07. The van der Waals surface area contributed by atoms with Gasteiger partial charge in [0.2, 0.25) is 5.91 Å². The maximum absolute atomic E-state index is 14.6. The average Bonchev–Trinajstić information content (AvgIpc) is 3.47. The van der Waals surface area contributed by atoms with Crippen molar-refractivity contribution in [1.82, 2.24) is 29.4 Å². The first-order valence-electron chi connectivity index (χ1n) is 12.4. The molecule has 2 aliphatic heterocycles. The quantitative estimate of drug-likeness (QED) is 0.540. The predicted molar refractivity (Wildman–Crippen MR) is 130 cm³/mol. The van der Waals surface area contributed by atoms with Crippen LogP contribution in [0.25, 0.3) is 5.65 Å². The third kappa shape index (κ3) is 4.49. The summed E-state index contributed by atoms with van der Waals surface area (Å²) in [7, 11) is 3.84. The van der Waals surface area contributed by atoms with Crippen LogP contribution < -0.4 is 4.74 Å². The molecule has 5 rings (SSSR count). The summed E-state index contributed by atoms with van der Waals surface area (Å²) in [6.45, 7) is 5.26. The molecule has 3 aromatic rings. The van der Waals surface area contributed by atoms with E-state index in [4.69, 9.17) is 9.72 Å². The molecule has 2 unspecified atom stereocenters. The lowest BCUT2D eigenvalue weighted by molar-refractivity contribution is -0.138. The molecular formula is C26H33FN6O2. The van der Waals surface area contributed by atoms with Crippen molar-refractivity contribution < 1.29 is 13.9 Å². The lowest BCUT2D eigenvalue weighted by Crippen LogP contribution is -2.51. The van der Waals surface area contributed by atoms with E-state index in [9.17, 15) is 9.18 Å². The van der Waals surface area contributed by atoms with Crippen molar-refractivity contribution in [3.63, 3.8) is 0 Å². The van der Waals surface area contributed by atoms with Gasteiger partial charge in [-0.25, -0.2) is 9.37 Å². The highest BCUT2D eigenvalue weighted by molar-refractivity contribution is 5.79. The minimum Gasteiger partial charge on any atom is -0.493 e. The summed E-state index contributed by atoms with van der Waals surface area (Å²) in [5, 5.41) is 8.59. The standard InChI is InChI=1S/C26H33FN6O2/c1-16-11-18(12-17(2)33(16)25(34)14-31(3)4)21-13-28-24(32-15-29-30-26(21)32)8-5-19-20-9-10-35-23(20)7-6-22(19)27/h6-7,13,15-18H,5,8-12,14H2,1-4H3. The maximum Gasteiger partial charge on any atom is 0.237 e. The SMILES string of the molecule is CC1CC(c2cnc(CCc3c(F)ccc4c3CCO4)n3cnnc23)CC(C)N1C(=O)CN(C)C. The van der Waals surface area contributed by atoms with Crippen molar-refractivity contribution in [2.45, 2.75) is 64.0 Å². The van der Waals surface area contributed by atoms with Crippen LogP contribution in [0.4, 0.5) is 4.39 Å². The van der Waals surface area contributed by atoms with Gasteiger partial charge in [0, 0.05) is 42.2 Å². The van der Waals surface area contributed by atoms with Gasteiger partial charge in [-0.15, -0.1) is 10.2 Å². The molecule has 0 N–H and O–H groups in total. The minimum absolute atomic E-state index is 0.129. The maximum atomic E-state index is 14.6. The Bertz CT molecular complexity index is 1230. The van der Waals surface area contributed by atoms with E-state index in [0.29, 0.717) is 31.6 Å². The van der Waals surface area contributed by atoms with Gasteiger partial charge in [-0.1, -0.05) is 0 Å². The van der Waals surface area contributed by atoms with E-state index in [0.717, 1.165) is 47.6 Å². The number of ether oxygens (including phenoxy) is 1. The molecule has 1 saturated heterocycles. The second kappa shape index (κ2) is 9.53. The van der Waals surface area contributed by atoms with E-state index in [1.807, 2.05) is 34.5 Å². The molecule has 1 aromatic carbocycles. The van der Waals surface area contributed by atoms with Gasteiger partial charge in [0.15, 0.2) is 5.65 Å². The summed E-state index contributed by atoms with van der Waals surface area (Å²) in [6.07, 6.45) is 7.17. The number of likely N-dealkylation sites (N-methyl/N-ethyl adjacent to an activating group) is 1. The second-order valence-electron chi connectivity index (χ2n) is 10.2. The van der Waals surface area contributed by atoms with Gasteiger partial charge in [-0.05, 0) is 70.8 Å². The number of rotatable bonds is 6. The number of carbonyl (C=O) groups excluding carboxylic acids is 1. The summed E-state index contributed by atoms with van der Waals surface area (Å²) in [5.74, 6) is 1.81. The largest absolute Gasteiger partial charge is 0.493 e. The first-order valence-corrected chi connectivity index (χ1v) is 12.4. The van der Waals surface area contributed by atoms with Crippen LogP contribution in [0.1, 0.15) is 55.1 Å². The molecule has 0 radical (unpaired) electrons. The van der Waals surface area contributed by atoms with Crippen LogP contribution in [0.5, 0.6) is 5.75 Å². The van der Waals surface area contributed by atoms with Gasteiger partial charge in [-0.2, -0.15) is 0 Å². The summed E-state index contributed by atoms with van der Waals surface area (Å²) in [4.78, 5) is 21.5. The second-order valence-corrected chi connectivity index (χ2v) is 10.2. The van der Waals surface area contributed by atoms with E-state index in [-0.39, 0.29) is 29.7 Å². The van der Waals surface area contributed by atoms with E-state index in [1.54, 1.807) is 12.4 Å². The third-order valence-electron chi connectivity index (χ3n) is 7.36. The Morgan fingerprint density at radius 3 is 2.71 bits per heavy atom. The van der Waals surface area contributed by atoms with Crippen LogP contribution in [0.15, 0.2) is 24.7 Å². The van der Waals surface area contributed by atoms with E-state index in [2.05, 4.69) is 24.0 Å². The number of aromatic nitrogens is 4. The van der Waals surface area contributed by atoms with Crippen molar-refractivity contribution in [2.24, 2.45) is 0 Å². The number of likely N-dealkylation sites (tertiary alicyclic amines) is 1. The Labute approximate surface area is 205 Å². The number of halogens is 1. The number of aryl methyl sites for hydroxylation is 1. The molecule has 35 heavy (non-hydrogen) atoms. The molecule has 4 heterocycles. The lowest BCUT2D eigenvalue weighted by atomic mass is 9.83. The number of fused-ring (bicyclic) bond motifs is 2. The summed E-state index contributed by atoms with van der Waals surface area (Å²) >= 11 is 0. The Balaban J connectivity index is 1.36. The lowest BCUT2D eigenvalue weighted by Gasteiger charge is -2.43. The fourth-order valence-electron chi connectivity index (χ4n) is 5.86. The van der Waals surface area contributed by atoms with Crippen molar-refractivity contribution in [2.75, 3.05) is 27.2 Å². The Morgan fingerprint density at radius 2 is 1.97 bits per heavy atom. The van der Waals surface area contributed by atoms with Crippen molar-refractivity contribution in [3.05, 3.63) is 53.0 Å². The van der Waals surface area contributed by atoms with Gasteiger partial charge in [0.25, 0.3) is 0 Å². The molecule has 1 amide bonds. The third-order valence-corrected chi connectivity index (χ3v) is 7.36. The molecule has 186 valence electrons.